The first-order chi connectivity index (χ1) is 28.0. The van der Waals surface area contributed by atoms with Crippen LogP contribution in [0.1, 0.15) is 145 Å². The van der Waals surface area contributed by atoms with Crippen molar-refractivity contribution < 1.29 is 72.0 Å². The Labute approximate surface area is 354 Å². The summed E-state index contributed by atoms with van der Waals surface area (Å²) >= 11 is 0. The van der Waals surface area contributed by atoms with Crippen molar-refractivity contribution in [2.24, 2.45) is 16.7 Å². The number of esters is 4. The summed E-state index contributed by atoms with van der Waals surface area (Å²) < 4.78 is 59.1. The zero-order chi connectivity index (χ0) is 44.6. The highest BCUT2D eigenvalue weighted by Crippen LogP contribution is 2.52. The molecule has 3 N–H and O–H groups in total. The molecule has 0 unspecified atom stereocenters. The molecular formula is C45H71FO14. The Morgan fingerprint density at radius 3 is 2.32 bits per heavy atom. The Morgan fingerprint density at radius 2 is 1.67 bits per heavy atom. The zero-order valence-corrected chi connectivity index (χ0v) is 37.1. The van der Waals surface area contributed by atoms with E-state index in [1.54, 1.807) is 39.8 Å². The van der Waals surface area contributed by atoms with E-state index in [0.29, 0.717) is 19.3 Å². The molecule has 0 spiro atoms. The van der Waals surface area contributed by atoms with E-state index in [-0.39, 0.29) is 50.0 Å². The van der Waals surface area contributed by atoms with Gasteiger partial charge in [-0.15, -0.1) is 0 Å². The highest BCUT2D eigenvalue weighted by atomic mass is 19.2. The Hall–Kier alpha value is -2.95. The standard InChI is InChI=1S/C45H71FO14/c1-10-11-12-13-14-15-38(50)58-41-30(21-39(51)54-9)20-33-24-36(28(3)47)57-40(52)23-31(49)22-34-25-37(55-29(4)48)43(7,8)44(46,59-34)26-35-19-27(2)18-32(56-35)16-17-42(5,6)45(41,53)60-33/h16-17,21,27-28,31-37,41,47,49,53H,10-15,18-20,22-26H2,1-9H3/b17-16+,30-21+/t27-,28+,31+,32-,33-,34+,35-,36+,37-,41-,44-,45+/m0/s1. The van der Waals surface area contributed by atoms with Gasteiger partial charge in [0.05, 0.1) is 55.6 Å². The van der Waals surface area contributed by atoms with E-state index >= 15 is 4.39 Å². The molecule has 12 atom stereocenters. The fraction of sp³-hybridized carbons (Fsp3) is 0.822. The second-order valence-electron chi connectivity index (χ2n) is 18.7. The maximum Gasteiger partial charge on any atom is 0.330 e. The third-order valence-electron chi connectivity index (χ3n) is 12.7. The molecule has 3 saturated heterocycles. The number of rotatable bonds is 10. The molecule has 342 valence electrons. The van der Waals surface area contributed by atoms with E-state index in [1.807, 2.05) is 6.92 Å². The van der Waals surface area contributed by atoms with Crippen molar-refractivity contribution in [1.82, 2.24) is 0 Å². The summed E-state index contributed by atoms with van der Waals surface area (Å²) in [7, 11) is 1.20. The molecule has 6 bridgehead atoms. The van der Waals surface area contributed by atoms with Crippen molar-refractivity contribution in [2.75, 3.05) is 7.11 Å². The second kappa shape index (κ2) is 20.9. The molecule has 4 aliphatic rings. The van der Waals surface area contributed by atoms with Crippen LogP contribution in [0.3, 0.4) is 0 Å². The summed E-state index contributed by atoms with van der Waals surface area (Å²) in [6.07, 6.45) is -0.338. The Balaban J connectivity index is 1.79. The fourth-order valence-corrected chi connectivity index (χ4v) is 8.97. The number of halogens is 1. The quantitative estimate of drug-likeness (QED) is 0.0735. The monoisotopic (exact) mass is 854 g/mol. The second-order valence-corrected chi connectivity index (χ2v) is 18.7. The molecule has 4 aliphatic heterocycles. The minimum atomic E-state index is -2.39. The van der Waals surface area contributed by atoms with Crippen LogP contribution in [0, 0.1) is 16.7 Å². The maximum absolute atomic E-state index is 17.6. The Bertz CT molecular complexity index is 1540. The van der Waals surface area contributed by atoms with E-state index in [1.165, 1.54) is 21.0 Å². The summed E-state index contributed by atoms with van der Waals surface area (Å²) in [5.74, 6) is -7.47. The summed E-state index contributed by atoms with van der Waals surface area (Å²) in [5.41, 5.74) is -2.52. The molecule has 0 radical (unpaired) electrons. The topological polar surface area (TPSA) is 194 Å². The van der Waals surface area contributed by atoms with Gasteiger partial charge in [-0.1, -0.05) is 79.4 Å². The third-order valence-corrected chi connectivity index (χ3v) is 12.7. The maximum atomic E-state index is 17.6. The number of aliphatic hydroxyl groups excluding tert-OH is 2. The van der Waals surface area contributed by atoms with Crippen molar-refractivity contribution in [2.45, 2.75) is 212 Å². The van der Waals surface area contributed by atoms with Gasteiger partial charge in [0, 0.05) is 50.5 Å². The van der Waals surface area contributed by atoms with Crippen LogP contribution in [-0.2, 0) is 52.3 Å². The van der Waals surface area contributed by atoms with Crippen LogP contribution >= 0.6 is 0 Å². The molecule has 0 aliphatic carbocycles. The van der Waals surface area contributed by atoms with E-state index < -0.39 is 108 Å². The van der Waals surface area contributed by atoms with E-state index in [2.05, 4.69) is 6.92 Å². The number of carbonyl (C=O) groups excluding carboxylic acids is 4. The number of ether oxygens (including phenoxy) is 7. The lowest BCUT2D eigenvalue weighted by Crippen LogP contribution is -2.62. The van der Waals surface area contributed by atoms with Gasteiger partial charge in [0.15, 0.2) is 6.10 Å². The van der Waals surface area contributed by atoms with Crippen molar-refractivity contribution in [1.29, 1.82) is 0 Å². The summed E-state index contributed by atoms with van der Waals surface area (Å²) in [6, 6.07) is 0. The Morgan fingerprint density at radius 1 is 0.967 bits per heavy atom. The average Bonchev–Trinajstić information content (AvgIpc) is 3.13. The molecule has 3 fully saturated rings. The molecule has 0 aromatic rings. The van der Waals surface area contributed by atoms with Crippen molar-refractivity contribution in [3.05, 3.63) is 23.8 Å². The normalized spacial score (nSPS) is 37.8. The number of hydrogen-bond acceptors (Lipinski definition) is 14. The minimum Gasteiger partial charge on any atom is -0.466 e. The van der Waals surface area contributed by atoms with Crippen LogP contribution in [0.5, 0.6) is 0 Å². The molecule has 15 heteroatoms. The van der Waals surface area contributed by atoms with Crippen LogP contribution in [0.15, 0.2) is 23.8 Å². The first-order valence-electron chi connectivity index (χ1n) is 21.8. The Kier molecular flexibility index (Phi) is 17.4. The molecular weight excluding hydrogens is 783 g/mol. The molecule has 0 aromatic carbocycles. The van der Waals surface area contributed by atoms with Crippen molar-refractivity contribution in [3.8, 4) is 0 Å². The number of carbonyl (C=O) groups is 4. The van der Waals surface area contributed by atoms with Gasteiger partial charge in [0.2, 0.25) is 11.6 Å². The molecule has 0 amide bonds. The van der Waals surface area contributed by atoms with E-state index in [9.17, 15) is 34.5 Å². The SMILES string of the molecule is CCCCCCCC(=O)O[C@H]1/C(=C/C(=O)OC)C[C@H]2C[C@H]([C@@H](C)O)OC(=O)C[C@H](O)C[C@@H]3C[C@H](OC(C)=O)C(C)(C)[C@](F)(C[C@@H]4C[C@@H](C)C[C@H](/C=C/C(C)(C)[C@]1(O)O2)O4)O3. The van der Waals surface area contributed by atoms with Gasteiger partial charge < -0.3 is 48.5 Å². The lowest BCUT2D eigenvalue weighted by molar-refractivity contribution is -0.327. The largest absolute Gasteiger partial charge is 0.466 e. The lowest BCUT2D eigenvalue weighted by Gasteiger charge is -2.52. The predicted octanol–water partition coefficient (Wildman–Crippen LogP) is 6.24. The molecule has 60 heavy (non-hydrogen) atoms. The van der Waals surface area contributed by atoms with Gasteiger partial charge in [0.1, 0.15) is 12.2 Å². The van der Waals surface area contributed by atoms with Gasteiger partial charge in [-0.3, -0.25) is 14.4 Å². The van der Waals surface area contributed by atoms with E-state index in [4.69, 9.17) is 33.2 Å². The summed E-state index contributed by atoms with van der Waals surface area (Å²) in [6.45, 7) is 13.4. The number of methoxy groups -OCH3 is 1. The van der Waals surface area contributed by atoms with Crippen LogP contribution in [0.25, 0.3) is 0 Å². The van der Waals surface area contributed by atoms with Crippen LogP contribution in [-0.4, -0.2) is 113 Å². The molecule has 4 rings (SSSR count). The van der Waals surface area contributed by atoms with Gasteiger partial charge in [-0.05, 0) is 44.1 Å². The molecule has 0 aromatic heterocycles. The zero-order valence-electron chi connectivity index (χ0n) is 37.1. The van der Waals surface area contributed by atoms with Gasteiger partial charge in [-0.25, -0.2) is 9.18 Å². The predicted molar refractivity (Wildman–Crippen MR) is 216 cm³/mol. The van der Waals surface area contributed by atoms with E-state index in [0.717, 1.165) is 31.8 Å². The van der Waals surface area contributed by atoms with Gasteiger partial charge >= 0.3 is 23.9 Å². The minimum absolute atomic E-state index is 0.0656. The first-order valence-corrected chi connectivity index (χ1v) is 21.8. The number of alkyl halides is 1. The van der Waals surface area contributed by atoms with Crippen molar-refractivity contribution in [3.63, 3.8) is 0 Å². The number of cyclic esters (lactones) is 1. The van der Waals surface area contributed by atoms with Crippen LogP contribution in [0.4, 0.5) is 4.39 Å². The van der Waals surface area contributed by atoms with Crippen LogP contribution in [0.2, 0.25) is 0 Å². The lowest BCUT2D eigenvalue weighted by atomic mass is 9.71. The van der Waals surface area contributed by atoms with Crippen LogP contribution < -0.4 is 0 Å². The first kappa shape index (κ1) is 49.7. The van der Waals surface area contributed by atoms with Gasteiger partial charge in [0.25, 0.3) is 0 Å². The highest BCUT2D eigenvalue weighted by molar-refractivity contribution is 5.83. The number of aliphatic hydroxyl groups is 3. The summed E-state index contributed by atoms with van der Waals surface area (Å²) in [4.78, 5) is 51.9. The van der Waals surface area contributed by atoms with Crippen molar-refractivity contribution >= 4 is 23.9 Å². The average molecular weight is 855 g/mol. The smallest absolute Gasteiger partial charge is 0.330 e. The third kappa shape index (κ3) is 12.6. The number of unbranched alkanes of at least 4 members (excludes halogenated alkanes) is 4. The molecule has 0 saturated carbocycles. The number of fused-ring (bicyclic) bond motifs is 6. The summed E-state index contributed by atoms with van der Waals surface area (Å²) in [5, 5.41) is 34.9. The molecule has 14 nitrogen and oxygen atoms in total. The number of hydrogen-bond donors (Lipinski definition) is 3. The highest BCUT2D eigenvalue weighted by Gasteiger charge is 2.60. The molecule has 4 heterocycles. The van der Waals surface area contributed by atoms with Gasteiger partial charge in [-0.2, -0.15) is 0 Å². The fourth-order valence-electron chi connectivity index (χ4n) is 8.97.